The molecule has 0 aliphatic heterocycles. The summed E-state index contributed by atoms with van der Waals surface area (Å²) in [6.07, 6.45) is 0. The second-order valence-electron chi connectivity index (χ2n) is 4.23. The zero-order valence-electron chi connectivity index (χ0n) is 10.3. The lowest BCUT2D eigenvalue weighted by atomic mass is 10.1. The monoisotopic (exact) mass is 258 g/mol. The fourth-order valence-electron chi connectivity index (χ4n) is 1.80. The predicted molar refractivity (Wildman–Crippen MR) is 69.6 cm³/mol. The lowest BCUT2D eigenvalue weighted by molar-refractivity contribution is 0.509. The van der Waals surface area contributed by atoms with Crippen molar-refractivity contribution in [3.8, 4) is 6.07 Å². The van der Waals surface area contributed by atoms with Gasteiger partial charge in [0.1, 0.15) is 0 Å². The van der Waals surface area contributed by atoms with E-state index in [9.17, 15) is 8.78 Å². The third-order valence-corrected chi connectivity index (χ3v) is 2.82. The molecule has 0 saturated heterocycles. The first-order valence-corrected chi connectivity index (χ1v) is 5.82. The molecule has 2 nitrogen and oxygen atoms in total. The van der Waals surface area contributed by atoms with Gasteiger partial charge in [-0.2, -0.15) is 5.26 Å². The second-order valence-corrected chi connectivity index (χ2v) is 4.23. The summed E-state index contributed by atoms with van der Waals surface area (Å²) in [5.74, 6) is -1.76. The van der Waals surface area contributed by atoms with E-state index in [1.54, 1.807) is 18.2 Å². The van der Waals surface area contributed by atoms with E-state index in [1.165, 1.54) is 6.07 Å². The van der Waals surface area contributed by atoms with Crippen LogP contribution in [-0.4, -0.2) is 0 Å². The number of hydrogen-bond donors (Lipinski definition) is 1. The molecule has 0 heterocycles. The number of rotatable bonds is 3. The maximum Gasteiger partial charge on any atom is 0.160 e. The Morgan fingerprint density at radius 2 is 1.89 bits per heavy atom. The van der Waals surface area contributed by atoms with Crippen molar-refractivity contribution in [2.24, 2.45) is 0 Å². The van der Waals surface area contributed by atoms with Crippen molar-refractivity contribution in [1.29, 1.82) is 5.26 Å². The Kier molecular flexibility index (Phi) is 3.76. The summed E-state index contributed by atoms with van der Waals surface area (Å²) in [4.78, 5) is 0. The number of halogens is 2. The normalized spacial score (nSPS) is 11.7. The molecular formula is C15H12F2N2. The Morgan fingerprint density at radius 3 is 2.58 bits per heavy atom. The van der Waals surface area contributed by atoms with Gasteiger partial charge in [0.15, 0.2) is 11.6 Å². The summed E-state index contributed by atoms with van der Waals surface area (Å²) in [7, 11) is 0. The van der Waals surface area contributed by atoms with Crippen LogP contribution < -0.4 is 5.32 Å². The van der Waals surface area contributed by atoms with Crippen LogP contribution in [0, 0.1) is 23.0 Å². The highest BCUT2D eigenvalue weighted by atomic mass is 19.2. The summed E-state index contributed by atoms with van der Waals surface area (Å²) >= 11 is 0. The summed E-state index contributed by atoms with van der Waals surface area (Å²) < 4.78 is 25.9. The van der Waals surface area contributed by atoms with Gasteiger partial charge in [0.25, 0.3) is 0 Å². The van der Waals surface area contributed by atoms with Crippen LogP contribution in [0.1, 0.15) is 24.1 Å². The van der Waals surface area contributed by atoms with Gasteiger partial charge in [-0.3, -0.25) is 0 Å². The molecule has 1 N–H and O–H groups in total. The first-order chi connectivity index (χ1) is 9.10. The van der Waals surface area contributed by atoms with Crippen molar-refractivity contribution in [2.45, 2.75) is 13.0 Å². The van der Waals surface area contributed by atoms with Crippen LogP contribution in [0.2, 0.25) is 0 Å². The number of hydrogen-bond acceptors (Lipinski definition) is 2. The summed E-state index contributed by atoms with van der Waals surface area (Å²) in [6, 6.07) is 12.8. The van der Waals surface area contributed by atoms with Crippen LogP contribution in [0.15, 0.2) is 42.5 Å². The van der Waals surface area contributed by atoms with E-state index >= 15 is 0 Å². The summed E-state index contributed by atoms with van der Waals surface area (Å²) in [5.41, 5.74) is 1.97. The first-order valence-electron chi connectivity index (χ1n) is 5.82. The Bertz CT molecular complexity index is 632. The largest absolute Gasteiger partial charge is 0.378 e. The van der Waals surface area contributed by atoms with Crippen molar-refractivity contribution in [1.82, 2.24) is 0 Å². The minimum Gasteiger partial charge on any atom is -0.378 e. The predicted octanol–water partition coefficient (Wildman–Crippen LogP) is 4.01. The second kappa shape index (κ2) is 5.49. The van der Waals surface area contributed by atoms with Gasteiger partial charge in [-0.15, -0.1) is 0 Å². The molecule has 1 unspecified atom stereocenters. The molecule has 0 amide bonds. The van der Waals surface area contributed by atoms with Gasteiger partial charge in [0.05, 0.1) is 11.6 Å². The average molecular weight is 258 g/mol. The van der Waals surface area contributed by atoms with Crippen molar-refractivity contribution in [3.05, 3.63) is 65.2 Å². The smallest absolute Gasteiger partial charge is 0.160 e. The highest BCUT2D eigenvalue weighted by Gasteiger charge is 2.08. The standard InChI is InChI=1S/C15H12F2N2/c1-10(12-4-2-3-11(7-12)9-18)19-13-5-6-14(16)15(17)8-13/h2-8,10,19H,1H3. The van der Waals surface area contributed by atoms with E-state index in [1.807, 2.05) is 13.0 Å². The van der Waals surface area contributed by atoms with Crippen LogP contribution in [0.25, 0.3) is 0 Å². The van der Waals surface area contributed by atoms with E-state index in [0.29, 0.717) is 11.3 Å². The van der Waals surface area contributed by atoms with Crippen LogP contribution in [-0.2, 0) is 0 Å². The molecule has 96 valence electrons. The van der Waals surface area contributed by atoms with E-state index in [4.69, 9.17) is 5.26 Å². The van der Waals surface area contributed by atoms with E-state index in [-0.39, 0.29) is 6.04 Å². The molecule has 2 rings (SSSR count). The first kappa shape index (κ1) is 13.0. The van der Waals surface area contributed by atoms with Crippen molar-refractivity contribution in [2.75, 3.05) is 5.32 Å². The van der Waals surface area contributed by atoms with Gasteiger partial charge in [-0.05, 0) is 36.8 Å². The van der Waals surface area contributed by atoms with Crippen molar-refractivity contribution >= 4 is 5.69 Å². The molecular weight excluding hydrogens is 246 g/mol. The van der Waals surface area contributed by atoms with Gasteiger partial charge < -0.3 is 5.32 Å². The quantitative estimate of drug-likeness (QED) is 0.902. The molecule has 2 aromatic carbocycles. The van der Waals surface area contributed by atoms with Crippen molar-refractivity contribution < 1.29 is 8.78 Å². The SMILES string of the molecule is CC(Nc1ccc(F)c(F)c1)c1cccc(C#N)c1. The zero-order valence-corrected chi connectivity index (χ0v) is 10.3. The molecule has 0 radical (unpaired) electrons. The molecule has 0 aliphatic carbocycles. The van der Waals surface area contributed by atoms with Crippen LogP contribution in [0.3, 0.4) is 0 Å². The molecule has 0 fully saturated rings. The summed E-state index contributed by atoms with van der Waals surface area (Å²) in [5, 5.41) is 11.9. The molecule has 0 spiro atoms. The van der Waals surface area contributed by atoms with E-state index in [0.717, 1.165) is 17.7 Å². The number of anilines is 1. The maximum absolute atomic E-state index is 13.1. The number of nitrogens with zero attached hydrogens (tertiary/aromatic N) is 1. The number of nitriles is 1. The average Bonchev–Trinajstić information content (AvgIpc) is 2.43. The molecule has 4 heteroatoms. The molecule has 0 aliphatic rings. The number of nitrogens with one attached hydrogen (secondary N) is 1. The summed E-state index contributed by atoms with van der Waals surface area (Å²) in [6.45, 7) is 1.89. The van der Waals surface area contributed by atoms with Gasteiger partial charge in [-0.1, -0.05) is 12.1 Å². The lowest BCUT2D eigenvalue weighted by Gasteiger charge is -2.16. The molecule has 0 saturated carbocycles. The maximum atomic E-state index is 13.1. The van der Waals surface area contributed by atoms with Gasteiger partial charge >= 0.3 is 0 Å². The molecule has 2 aromatic rings. The fraction of sp³-hybridized carbons (Fsp3) is 0.133. The van der Waals surface area contributed by atoms with Crippen LogP contribution in [0.5, 0.6) is 0 Å². The molecule has 0 bridgehead atoms. The van der Waals surface area contributed by atoms with Crippen molar-refractivity contribution in [3.63, 3.8) is 0 Å². The molecule has 19 heavy (non-hydrogen) atoms. The Balaban J connectivity index is 2.18. The van der Waals surface area contributed by atoms with Crippen LogP contribution in [0.4, 0.5) is 14.5 Å². The Morgan fingerprint density at radius 1 is 1.11 bits per heavy atom. The molecule has 0 aromatic heterocycles. The minimum atomic E-state index is -0.886. The van der Waals surface area contributed by atoms with Gasteiger partial charge in [-0.25, -0.2) is 8.78 Å². The lowest BCUT2D eigenvalue weighted by Crippen LogP contribution is -2.07. The molecule has 1 atom stereocenters. The van der Waals surface area contributed by atoms with E-state index in [2.05, 4.69) is 11.4 Å². The highest BCUT2D eigenvalue weighted by molar-refractivity contribution is 5.46. The number of benzene rings is 2. The third-order valence-electron chi connectivity index (χ3n) is 2.82. The fourth-order valence-corrected chi connectivity index (χ4v) is 1.80. The Hall–Kier alpha value is -2.41. The minimum absolute atomic E-state index is 0.113. The zero-order chi connectivity index (χ0) is 13.8. The Labute approximate surface area is 110 Å². The van der Waals surface area contributed by atoms with Gasteiger partial charge in [0.2, 0.25) is 0 Å². The topological polar surface area (TPSA) is 35.8 Å². The van der Waals surface area contributed by atoms with E-state index < -0.39 is 11.6 Å². The van der Waals surface area contributed by atoms with Crippen LogP contribution >= 0.6 is 0 Å². The van der Waals surface area contributed by atoms with Gasteiger partial charge in [0, 0.05) is 17.8 Å². The third kappa shape index (κ3) is 3.08. The highest BCUT2D eigenvalue weighted by Crippen LogP contribution is 2.21.